The van der Waals surface area contributed by atoms with Gasteiger partial charge in [0, 0.05) is 43.0 Å². The number of carbonyl (C=O) groups excluding carboxylic acids is 1. The lowest BCUT2D eigenvalue weighted by Gasteiger charge is -2.28. The summed E-state index contributed by atoms with van der Waals surface area (Å²) < 4.78 is 14.7. The minimum Gasteiger partial charge on any atom is -0.391 e. The van der Waals surface area contributed by atoms with E-state index in [1.54, 1.807) is 13.2 Å². The smallest absolute Gasteiger partial charge is 0.319 e. The molecule has 12 heteroatoms. The van der Waals surface area contributed by atoms with E-state index >= 15 is 0 Å². The van der Waals surface area contributed by atoms with Crippen LogP contribution >= 0.6 is 24.0 Å². The van der Waals surface area contributed by atoms with Crippen molar-refractivity contribution < 1.29 is 14.3 Å². The number of rotatable bonds is 5. The Morgan fingerprint density at radius 1 is 1.34 bits per heavy atom. The zero-order valence-electron chi connectivity index (χ0n) is 19.8. The predicted octanol–water partition coefficient (Wildman–Crippen LogP) is 4.03. The molecule has 0 spiro atoms. The third-order valence-electron chi connectivity index (χ3n) is 5.71. The maximum absolute atomic E-state index is 14.7. The summed E-state index contributed by atoms with van der Waals surface area (Å²) in [5.74, 6) is 1.22. The Labute approximate surface area is 214 Å². The van der Waals surface area contributed by atoms with Crippen molar-refractivity contribution in [1.29, 1.82) is 0 Å². The van der Waals surface area contributed by atoms with Gasteiger partial charge in [-0.2, -0.15) is 4.98 Å². The standard InChI is InChI=1S/C23H27ClFN7O2.ClH/c1-23(2,3)18(33)11-29-22(34)30-17-8-13(15(24)9-16(17)25)14-7-12-10-28-21(26-4)31-19(12)32-6-5-27-20(14)32;/h7-10,18,33H,5-6,11H2,1-4H3,(H,26,28,31)(H2,29,30,34);1H. The summed E-state index contributed by atoms with van der Waals surface area (Å²) in [5, 5.41) is 18.3. The third-order valence-corrected chi connectivity index (χ3v) is 6.02. The largest absolute Gasteiger partial charge is 0.391 e. The summed E-state index contributed by atoms with van der Waals surface area (Å²) in [6, 6.07) is 2.01. The van der Waals surface area contributed by atoms with Crippen molar-refractivity contribution in [2.45, 2.75) is 26.9 Å². The van der Waals surface area contributed by atoms with Crippen LogP contribution in [0.5, 0.6) is 0 Å². The van der Waals surface area contributed by atoms with Crippen LogP contribution in [0, 0.1) is 11.2 Å². The molecule has 1 atom stereocenters. The number of nitrogens with one attached hydrogen (secondary N) is 3. The molecule has 35 heavy (non-hydrogen) atoms. The van der Waals surface area contributed by atoms with Crippen LogP contribution in [0.2, 0.25) is 5.02 Å². The first-order valence-corrected chi connectivity index (χ1v) is 11.3. The van der Waals surface area contributed by atoms with Crippen molar-refractivity contribution in [2.75, 3.05) is 42.2 Å². The number of nitrogens with zero attached hydrogens (tertiary/aromatic N) is 4. The molecule has 0 fully saturated rings. The van der Waals surface area contributed by atoms with Gasteiger partial charge in [0.05, 0.1) is 23.4 Å². The molecule has 2 aliphatic heterocycles. The molecule has 0 saturated heterocycles. The van der Waals surface area contributed by atoms with Gasteiger partial charge in [-0.3, -0.25) is 4.99 Å². The molecule has 9 nitrogen and oxygen atoms in total. The number of hydrogen-bond donors (Lipinski definition) is 4. The molecule has 0 radical (unpaired) electrons. The number of amides is 2. The van der Waals surface area contributed by atoms with Crippen molar-refractivity contribution in [3.63, 3.8) is 0 Å². The van der Waals surface area contributed by atoms with E-state index in [0.29, 0.717) is 36.0 Å². The first kappa shape index (κ1) is 26.7. The second-order valence-electron chi connectivity index (χ2n) is 9.17. The van der Waals surface area contributed by atoms with Crippen LogP contribution < -0.4 is 20.9 Å². The van der Waals surface area contributed by atoms with Crippen LogP contribution in [-0.2, 0) is 0 Å². The van der Waals surface area contributed by atoms with Crippen molar-refractivity contribution in [1.82, 2.24) is 15.3 Å². The average molecular weight is 524 g/mol. The lowest BCUT2D eigenvalue weighted by molar-refractivity contribution is 0.0654. The summed E-state index contributed by atoms with van der Waals surface area (Å²) >= 11 is 6.43. The molecule has 1 unspecified atom stereocenters. The van der Waals surface area contributed by atoms with Crippen LogP contribution in [0.15, 0.2) is 23.3 Å². The molecule has 2 aromatic rings. The molecule has 2 amide bonds. The number of aliphatic imine (C=N–C) groups is 1. The molecule has 3 heterocycles. The number of halogens is 3. The molecule has 4 N–H and O–H groups in total. The van der Waals surface area contributed by atoms with E-state index in [1.807, 2.05) is 31.7 Å². The van der Waals surface area contributed by atoms with E-state index in [0.717, 1.165) is 17.4 Å². The van der Waals surface area contributed by atoms with Gasteiger partial charge in [0.1, 0.15) is 17.5 Å². The Balaban J connectivity index is 0.00000342. The highest BCUT2D eigenvalue weighted by Gasteiger charge is 2.32. The molecule has 4 rings (SSSR count). The van der Waals surface area contributed by atoms with E-state index < -0.39 is 23.4 Å². The Kier molecular flexibility index (Phi) is 7.88. The molecule has 0 bridgehead atoms. The van der Waals surface area contributed by atoms with Gasteiger partial charge in [-0.15, -0.1) is 12.4 Å². The molecule has 188 valence electrons. The highest BCUT2D eigenvalue weighted by atomic mass is 35.5. The fraction of sp³-hybridized carbons (Fsp3) is 0.391. The van der Waals surface area contributed by atoms with Crippen molar-refractivity contribution in [2.24, 2.45) is 10.4 Å². The molecule has 0 aliphatic carbocycles. The number of hydrogen-bond acceptors (Lipinski definition) is 7. The topological polar surface area (TPSA) is 115 Å². The van der Waals surface area contributed by atoms with E-state index in [2.05, 4.69) is 30.9 Å². The third kappa shape index (κ3) is 5.50. The second kappa shape index (κ2) is 10.3. The number of benzene rings is 1. The number of fused-ring (bicyclic) bond motifs is 3. The molecule has 0 saturated carbocycles. The van der Waals surface area contributed by atoms with Gasteiger partial charge in [-0.25, -0.2) is 14.2 Å². The van der Waals surface area contributed by atoms with Gasteiger partial charge in [-0.1, -0.05) is 32.4 Å². The molecule has 1 aromatic heterocycles. The van der Waals surface area contributed by atoms with Gasteiger partial charge in [0.25, 0.3) is 0 Å². The maximum atomic E-state index is 14.7. The zero-order chi connectivity index (χ0) is 24.6. The second-order valence-corrected chi connectivity index (χ2v) is 9.57. The summed E-state index contributed by atoms with van der Waals surface area (Å²) in [6.45, 7) is 6.82. The van der Waals surface area contributed by atoms with Gasteiger partial charge in [0.2, 0.25) is 5.95 Å². The van der Waals surface area contributed by atoms with Crippen LogP contribution in [0.25, 0.3) is 11.6 Å². The summed E-state index contributed by atoms with van der Waals surface area (Å²) in [7, 11) is 1.75. The molecule has 1 aromatic carbocycles. The summed E-state index contributed by atoms with van der Waals surface area (Å²) in [6.07, 6.45) is 2.81. The highest BCUT2D eigenvalue weighted by molar-refractivity contribution is 6.40. The summed E-state index contributed by atoms with van der Waals surface area (Å²) in [4.78, 5) is 27.8. The minimum absolute atomic E-state index is 0. The first-order valence-electron chi connectivity index (χ1n) is 10.9. The quantitative estimate of drug-likeness (QED) is 0.470. The van der Waals surface area contributed by atoms with Crippen LogP contribution in [0.4, 0.5) is 26.6 Å². The predicted molar refractivity (Wildman–Crippen MR) is 140 cm³/mol. The number of aromatic nitrogens is 2. The molecular formula is C23H28Cl2FN7O2. The molecule has 2 aliphatic rings. The SMILES string of the molecule is CNc1ncc2c(n1)N1CCN=C1C(c1cc(NC(=O)NCC(O)C(C)(C)C)c(F)cc1Cl)=C2.Cl. The number of carbonyl (C=O) groups is 1. The van der Waals surface area contributed by atoms with Gasteiger partial charge in [0.15, 0.2) is 0 Å². The van der Waals surface area contributed by atoms with E-state index in [-0.39, 0.29) is 29.7 Å². The normalized spacial score (nSPS) is 15.2. The van der Waals surface area contributed by atoms with E-state index in [9.17, 15) is 14.3 Å². The molecular weight excluding hydrogens is 496 g/mol. The highest BCUT2D eigenvalue weighted by Crippen LogP contribution is 2.39. The first-order chi connectivity index (χ1) is 16.1. The average Bonchev–Trinajstić information content (AvgIpc) is 3.28. The summed E-state index contributed by atoms with van der Waals surface area (Å²) in [5.41, 5.74) is 1.53. The van der Waals surface area contributed by atoms with Crippen molar-refractivity contribution >= 4 is 65.0 Å². The Morgan fingerprint density at radius 3 is 2.77 bits per heavy atom. The Morgan fingerprint density at radius 2 is 2.09 bits per heavy atom. The fourth-order valence-corrected chi connectivity index (χ4v) is 3.89. The van der Waals surface area contributed by atoms with Crippen molar-refractivity contribution in [3.05, 3.63) is 40.3 Å². The van der Waals surface area contributed by atoms with Gasteiger partial charge in [-0.05, 0) is 23.6 Å². The van der Waals surface area contributed by atoms with Gasteiger partial charge < -0.3 is 26.0 Å². The number of aliphatic hydroxyl groups excluding tert-OH is 1. The fourth-order valence-electron chi connectivity index (χ4n) is 3.64. The van der Waals surface area contributed by atoms with E-state index in [4.69, 9.17) is 11.6 Å². The van der Waals surface area contributed by atoms with Crippen LogP contribution in [0.1, 0.15) is 31.9 Å². The zero-order valence-corrected chi connectivity index (χ0v) is 21.4. The van der Waals surface area contributed by atoms with Gasteiger partial charge >= 0.3 is 6.03 Å². The lowest BCUT2D eigenvalue weighted by atomic mass is 9.89. The van der Waals surface area contributed by atoms with Crippen LogP contribution in [0.3, 0.4) is 0 Å². The Bertz CT molecular complexity index is 1200. The number of aliphatic hydroxyl groups is 1. The number of urea groups is 1. The number of anilines is 3. The Hall–Kier alpha value is -2.95. The lowest BCUT2D eigenvalue weighted by Crippen LogP contribution is -2.41. The minimum atomic E-state index is -0.756. The van der Waals surface area contributed by atoms with Crippen LogP contribution in [-0.4, -0.2) is 59.7 Å². The monoisotopic (exact) mass is 523 g/mol. The number of amidine groups is 1. The van der Waals surface area contributed by atoms with E-state index in [1.165, 1.54) is 6.07 Å². The van der Waals surface area contributed by atoms with Crippen molar-refractivity contribution in [3.8, 4) is 0 Å². The maximum Gasteiger partial charge on any atom is 0.319 e.